The van der Waals surface area contributed by atoms with E-state index in [9.17, 15) is 5.11 Å². The molecule has 3 heteroatoms. The van der Waals surface area contributed by atoms with Crippen LogP contribution in [0.2, 0.25) is 0 Å². The van der Waals surface area contributed by atoms with E-state index in [-0.39, 0.29) is 6.10 Å². The van der Waals surface area contributed by atoms with E-state index in [1.807, 2.05) is 12.1 Å². The third-order valence-electron chi connectivity index (χ3n) is 3.80. The fourth-order valence-electron chi connectivity index (χ4n) is 2.66. The average Bonchev–Trinajstić information content (AvgIpc) is 2.87. The van der Waals surface area contributed by atoms with Crippen LogP contribution in [0.15, 0.2) is 12.1 Å². The smallest absolute Gasteiger partial charge is 0.190 e. The summed E-state index contributed by atoms with van der Waals surface area (Å²) >= 11 is 0. The maximum absolute atomic E-state index is 9.86. The van der Waals surface area contributed by atoms with Gasteiger partial charge in [-0.15, -0.1) is 0 Å². The number of ether oxygens (including phenoxy) is 1. The van der Waals surface area contributed by atoms with Crippen molar-refractivity contribution in [2.75, 3.05) is 6.61 Å². The number of aromatic nitrogens is 1. The number of rotatable bonds is 6. The molecule has 0 spiro atoms. The first-order chi connectivity index (χ1) is 8.79. The van der Waals surface area contributed by atoms with Crippen molar-refractivity contribution in [3.8, 4) is 5.88 Å². The van der Waals surface area contributed by atoms with E-state index in [2.05, 4.69) is 11.9 Å². The summed E-state index contributed by atoms with van der Waals surface area (Å²) in [5.74, 6) is 1.51. The number of hydrogen-bond acceptors (Lipinski definition) is 2. The van der Waals surface area contributed by atoms with Crippen LogP contribution in [0, 0.1) is 5.92 Å². The van der Waals surface area contributed by atoms with Gasteiger partial charge in [0.05, 0.1) is 12.7 Å². The van der Waals surface area contributed by atoms with Crippen molar-refractivity contribution in [3.05, 3.63) is 17.8 Å². The second kappa shape index (κ2) is 6.83. The highest BCUT2D eigenvalue weighted by molar-refractivity contribution is 5.19. The Bertz CT molecular complexity index is 342. The summed E-state index contributed by atoms with van der Waals surface area (Å²) in [7, 11) is 0. The van der Waals surface area contributed by atoms with Crippen LogP contribution >= 0.6 is 0 Å². The molecule has 1 aliphatic rings. The Hall–Kier alpha value is -0.960. The SMILES string of the molecule is CCCC(O)c1ccc(OCC2CCCCC2)[nH]1. The van der Waals surface area contributed by atoms with Crippen molar-refractivity contribution < 1.29 is 9.84 Å². The molecule has 1 aromatic heterocycles. The van der Waals surface area contributed by atoms with Gasteiger partial charge in [0.2, 0.25) is 0 Å². The van der Waals surface area contributed by atoms with Crippen LogP contribution in [0.3, 0.4) is 0 Å². The molecule has 1 fully saturated rings. The highest BCUT2D eigenvalue weighted by Crippen LogP contribution is 2.25. The summed E-state index contributed by atoms with van der Waals surface area (Å²) in [4.78, 5) is 3.17. The van der Waals surface area contributed by atoms with Gasteiger partial charge in [0.15, 0.2) is 5.88 Å². The van der Waals surface area contributed by atoms with Gasteiger partial charge in [0, 0.05) is 11.8 Å². The first kappa shape index (κ1) is 13.5. The molecule has 0 bridgehead atoms. The van der Waals surface area contributed by atoms with E-state index in [1.165, 1.54) is 32.1 Å². The Kier molecular flexibility index (Phi) is 5.12. The summed E-state index contributed by atoms with van der Waals surface area (Å²) in [6, 6.07) is 3.85. The molecule has 2 N–H and O–H groups in total. The van der Waals surface area contributed by atoms with E-state index in [1.54, 1.807) is 0 Å². The lowest BCUT2D eigenvalue weighted by Gasteiger charge is -2.21. The summed E-state index contributed by atoms with van der Waals surface area (Å²) in [6.45, 7) is 2.89. The van der Waals surface area contributed by atoms with E-state index >= 15 is 0 Å². The van der Waals surface area contributed by atoms with Crippen LogP contribution in [-0.2, 0) is 0 Å². The first-order valence-corrected chi connectivity index (χ1v) is 7.29. The third-order valence-corrected chi connectivity index (χ3v) is 3.80. The largest absolute Gasteiger partial charge is 0.479 e. The van der Waals surface area contributed by atoms with Gasteiger partial charge < -0.3 is 14.8 Å². The van der Waals surface area contributed by atoms with Gasteiger partial charge >= 0.3 is 0 Å². The normalized spacial score (nSPS) is 18.8. The van der Waals surface area contributed by atoms with E-state index in [0.29, 0.717) is 5.92 Å². The van der Waals surface area contributed by atoms with Gasteiger partial charge in [-0.3, -0.25) is 0 Å². The minimum Gasteiger partial charge on any atom is -0.479 e. The van der Waals surface area contributed by atoms with Crippen LogP contribution in [-0.4, -0.2) is 16.7 Å². The van der Waals surface area contributed by atoms with Crippen molar-refractivity contribution in [2.24, 2.45) is 5.92 Å². The monoisotopic (exact) mass is 251 g/mol. The Morgan fingerprint density at radius 1 is 1.33 bits per heavy atom. The lowest BCUT2D eigenvalue weighted by Crippen LogP contribution is -2.15. The Morgan fingerprint density at radius 3 is 2.83 bits per heavy atom. The molecule has 18 heavy (non-hydrogen) atoms. The quantitative estimate of drug-likeness (QED) is 0.807. The molecule has 3 nitrogen and oxygen atoms in total. The maximum Gasteiger partial charge on any atom is 0.190 e. The van der Waals surface area contributed by atoms with Gasteiger partial charge in [0.25, 0.3) is 0 Å². The van der Waals surface area contributed by atoms with Crippen molar-refractivity contribution in [1.82, 2.24) is 4.98 Å². The van der Waals surface area contributed by atoms with E-state index < -0.39 is 0 Å². The summed E-state index contributed by atoms with van der Waals surface area (Å²) in [5.41, 5.74) is 0.871. The Balaban J connectivity index is 1.79. The van der Waals surface area contributed by atoms with Crippen molar-refractivity contribution in [1.29, 1.82) is 0 Å². The Morgan fingerprint density at radius 2 is 2.11 bits per heavy atom. The molecule has 1 atom stereocenters. The number of aliphatic hydroxyl groups is 1. The summed E-state index contributed by atoms with van der Waals surface area (Å²) in [6.07, 6.45) is 8.06. The molecule has 1 aliphatic carbocycles. The zero-order valence-electron chi connectivity index (χ0n) is 11.3. The number of H-pyrrole nitrogens is 1. The second-order valence-corrected chi connectivity index (χ2v) is 5.40. The van der Waals surface area contributed by atoms with Crippen molar-refractivity contribution in [2.45, 2.75) is 58.0 Å². The number of hydrogen-bond donors (Lipinski definition) is 2. The second-order valence-electron chi connectivity index (χ2n) is 5.40. The number of aromatic amines is 1. The molecule has 0 radical (unpaired) electrons. The molecule has 1 aromatic rings. The molecular weight excluding hydrogens is 226 g/mol. The van der Waals surface area contributed by atoms with Gasteiger partial charge in [-0.2, -0.15) is 0 Å². The predicted molar refractivity (Wildman–Crippen MR) is 72.7 cm³/mol. The zero-order valence-corrected chi connectivity index (χ0v) is 11.3. The standard InChI is InChI=1S/C15H25NO2/c1-2-6-14(17)13-9-10-15(16-13)18-11-12-7-4-3-5-8-12/h9-10,12,14,16-17H,2-8,11H2,1H3. The highest BCUT2D eigenvalue weighted by Gasteiger charge is 2.15. The van der Waals surface area contributed by atoms with E-state index in [0.717, 1.165) is 31.0 Å². The molecule has 0 amide bonds. The highest BCUT2D eigenvalue weighted by atomic mass is 16.5. The van der Waals surface area contributed by atoms with Crippen LogP contribution in [0.1, 0.15) is 63.7 Å². The van der Waals surface area contributed by atoms with Crippen LogP contribution in [0.25, 0.3) is 0 Å². The average molecular weight is 251 g/mol. The van der Waals surface area contributed by atoms with Crippen LogP contribution < -0.4 is 4.74 Å². The molecular formula is C15H25NO2. The van der Waals surface area contributed by atoms with E-state index in [4.69, 9.17) is 4.74 Å². The fourth-order valence-corrected chi connectivity index (χ4v) is 2.66. The van der Waals surface area contributed by atoms with Gasteiger partial charge in [0.1, 0.15) is 0 Å². The topological polar surface area (TPSA) is 45.2 Å². The third kappa shape index (κ3) is 3.77. The number of nitrogens with one attached hydrogen (secondary N) is 1. The minimum atomic E-state index is -0.387. The Labute approximate surface area is 110 Å². The molecule has 1 heterocycles. The minimum absolute atomic E-state index is 0.387. The number of aliphatic hydroxyl groups excluding tert-OH is 1. The van der Waals surface area contributed by atoms with Crippen LogP contribution in [0.4, 0.5) is 0 Å². The molecule has 0 aliphatic heterocycles. The summed E-state index contributed by atoms with van der Waals surface area (Å²) < 4.78 is 5.79. The maximum atomic E-state index is 9.86. The lowest BCUT2D eigenvalue weighted by molar-refractivity contribution is 0.160. The fraction of sp³-hybridized carbons (Fsp3) is 0.733. The van der Waals surface area contributed by atoms with Crippen molar-refractivity contribution in [3.63, 3.8) is 0 Å². The van der Waals surface area contributed by atoms with Crippen molar-refractivity contribution >= 4 is 0 Å². The molecule has 0 aromatic carbocycles. The summed E-state index contributed by atoms with van der Waals surface area (Å²) in [5, 5.41) is 9.86. The van der Waals surface area contributed by atoms with Crippen LogP contribution in [0.5, 0.6) is 5.88 Å². The predicted octanol–water partition coefficient (Wildman–Crippen LogP) is 3.81. The molecule has 2 rings (SSSR count). The first-order valence-electron chi connectivity index (χ1n) is 7.29. The molecule has 1 unspecified atom stereocenters. The van der Waals surface area contributed by atoms with Gasteiger partial charge in [-0.05, 0) is 31.2 Å². The molecule has 102 valence electrons. The van der Waals surface area contributed by atoms with Gasteiger partial charge in [-0.25, -0.2) is 0 Å². The zero-order chi connectivity index (χ0) is 12.8. The molecule has 0 saturated heterocycles. The lowest BCUT2D eigenvalue weighted by atomic mass is 9.90. The molecule has 1 saturated carbocycles. The van der Waals surface area contributed by atoms with Gasteiger partial charge in [-0.1, -0.05) is 32.6 Å².